The maximum Gasteiger partial charge on any atom is 1.00 e. The van der Waals surface area contributed by atoms with E-state index in [0.717, 1.165) is 38.5 Å². The van der Waals surface area contributed by atoms with Crippen LogP contribution in [0.3, 0.4) is 0 Å². The van der Waals surface area contributed by atoms with E-state index in [4.69, 9.17) is 14.0 Å². The molecule has 0 aromatic heterocycles. The molecule has 0 aromatic carbocycles. The summed E-state index contributed by atoms with van der Waals surface area (Å²) < 4.78 is 83.6. The maximum absolute atomic E-state index is 11.4. The molecule has 51 heavy (non-hydrogen) atoms. The van der Waals surface area contributed by atoms with E-state index in [-0.39, 0.29) is 42.1 Å². The van der Waals surface area contributed by atoms with E-state index in [2.05, 4.69) is 22.2 Å². The van der Waals surface area contributed by atoms with Crippen molar-refractivity contribution in [2.45, 2.75) is 211 Å². The van der Waals surface area contributed by atoms with E-state index in [1.165, 1.54) is 128 Å². The fraction of sp³-hybridized carbons (Fsp3) is 1.00. The van der Waals surface area contributed by atoms with Gasteiger partial charge < -0.3 is 19.7 Å². The second-order valence-corrected chi connectivity index (χ2v) is 16.4. The Morgan fingerprint density at radius 3 is 1.29 bits per heavy atom. The van der Waals surface area contributed by atoms with Crippen LogP contribution in [-0.2, 0) is 38.6 Å². The van der Waals surface area contributed by atoms with Crippen LogP contribution in [0.25, 0.3) is 0 Å². The molecule has 0 amide bonds. The Morgan fingerprint density at radius 1 is 0.569 bits per heavy atom. The molecule has 15 heteroatoms. The van der Waals surface area contributed by atoms with Gasteiger partial charge in [-0.3, -0.25) is 9.11 Å². The summed E-state index contributed by atoms with van der Waals surface area (Å²) in [6, 6.07) is 0. The Hall–Kier alpha value is 0.580. The first-order chi connectivity index (χ1) is 23.9. The molecular weight excluding hydrogens is 712 g/mol. The van der Waals surface area contributed by atoms with Gasteiger partial charge in [-0.15, -0.1) is 0 Å². The van der Waals surface area contributed by atoms with Crippen molar-refractivity contribution in [2.24, 2.45) is 5.92 Å². The minimum absolute atomic E-state index is 0. The molecule has 0 spiro atoms. The SMILES string of the molecule is CCCCCCCCCCCCCCC(CCCCCCCCCCCCCC)CO[C@@H]1O[C@H](COS(=O)(=O)O)[C@H](O)[C@H](OS(=O)(=O)O)[C@H]1O.[Na+]. The Kier molecular flexibility index (Phi) is 32.1. The van der Waals surface area contributed by atoms with Crippen LogP contribution in [0.5, 0.6) is 0 Å². The molecule has 0 aromatic rings. The molecule has 1 saturated heterocycles. The van der Waals surface area contributed by atoms with Gasteiger partial charge in [0.15, 0.2) is 6.29 Å². The third kappa shape index (κ3) is 28.6. The Morgan fingerprint density at radius 2 is 0.941 bits per heavy atom. The number of unbranched alkanes of at least 4 members (excludes halogenated alkanes) is 22. The van der Waals surface area contributed by atoms with Crippen LogP contribution in [0.4, 0.5) is 0 Å². The van der Waals surface area contributed by atoms with Crippen LogP contribution in [0.15, 0.2) is 0 Å². The predicted octanol–water partition coefficient (Wildman–Crippen LogP) is 5.26. The average Bonchev–Trinajstić information content (AvgIpc) is 3.05. The second kappa shape index (κ2) is 31.7. The summed E-state index contributed by atoms with van der Waals surface area (Å²) in [5.41, 5.74) is 0. The molecule has 0 unspecified atom stereocenters. The smallest absolute Gasteiger partial charge is 0.387 e. The molecule has 0 aliphatic carbocycles. The standard InChI is InChI=1S/C36H72O12S2.Na/c1-3-5-7-9-11-13-15-17-19-21-23-25-27-31(28-26-24-22-20-18-16-14-12-10-8-6-4-2)29-45-36-34(38)35(48-50(42,43)44)33(37)32(47-36)30-46-49(39,40)41;/h31-38H,3-30H2,1-2H3,(H,39,40,41)(H,42,43,44);/q;+1/t32-,33+,34-,35+,36-;/m1./s1. The van der Waals surface area contributed by atoms with Crippen molar-refractivity contribution in [2.75, 3.05) is 13.2 Å². The van der Waals surface area contributed by atoms with Crippen LogP contribution < -0.4 is 29.6 Å². The number of aliphatic hydroxyl groups is 2. The molecule has 12 nitrogen and oxygen atoms in total. The van der Waals surface area contributed by atoms with Gasteiger partial charge in [-0.25, -0.2) is 8.37 Å². The van der Waals surface area contributed by atoms with Crippen LogP contribution in [0.1, 0.15) is 181 Å². The average molecular weight is 784 g/mol. The van der Waals surface area contributed by atoms with Gasteiger partial charge in [0, 0.05) is 0 Å². The van der Waals surface area contributed by atoms with Crippen molar-refractivity contribution >= 4 is 20.8 Å². The fourth-order valence-electron chi connectivity index (χ4n) is 6.67. The summed E-state index contributed by atoms with van der Waals surface area (Å²) in [6.07, 6.45) is 23.1. The van der Waals surface area contributed by atoms with Crippen LogP contribution >= 0.6 is 0 Å². The van der Waals surface area contributed by atoms with Gasteiger partial charge >= 0.3 is 50.4 Å². The zero-order chi connectivity index (χ0) is 37.1. The van der Waals surface area contributed by atoms with E-state index in [0.29, 0.717) is 0 Å². The number of hydrogen-bond acceptors (Lipinski definition) is 10. The third-order valence-electron chi connectivity index (χ3n) is 9.68. The molecule has 4 N–H and O–H groups in total. The minimum Gasteiger partial charge on any atom is -0.387 e. The van der Waals surface area contributed by atoms with E-state index in [1.807, 2.05) is 0 Å². The largest absolute Gasteiger partial charge is 1.00 e. The van der Waals surface area contributed by atoms with Crippen LogP contribution in [0, 0.1) is 5.92 Å². The zero-order valence-corrected chi connectivity index (χ0v) is 35.8. The summed E-state index contributed by atoms with van der Waals surface area (Å²) in [5.74, 6) is 0.136. The maximum atomic E-state index is 11.4. The van der Waals surface area contributed by atoms with E-state index in [1.54, 1.807) is 0 Å². The first-order valence-corrected chi connectivity index (χ1v) is 22.5. The molecule has 0 saturated carbocycles. The Labute approximate surface area is 333 Å². The number of rotatable bonds is 34. The second-order valence-electron chi connectivity index (χ2n) is 14.3. The summed E-state index contributed by atoms with van der Waals surface area (Å²) in [5, 5.41) is 21.3. The van der Waals surface area contributed by atoms with Gasteiger partial charge in [-0.05, 0) is 18.8 Å². The van der Waals surface area contributed by atoms with Gasteiger partial charge in [0.25, 0.3) is 0 Å². The normalized spacial score (nSPS) is 21.3. The summed E-state index contributed by atoms with van der Waals surface area (Å²) in [6.45, 7) is 3.75. The van der Waals surface area contributed by atoms with Crippen molar-refractivity contribution in [3.63, 3.8) is 0 Å². The molecule has 300 valence electrons. The Bertz CT molecular complexity index is 990. The first kappa shape index (κ1) is 51.6. The van der Waals surface area contributed by atoms with E-state index in [9.17, 15) is 31.6 Å². The van der Waals surface area contributed by atoms with Crippen molar-refractivity contribution in [3.05, 3.63) is 0 Å². The van der Waals surface area contributed by atoms with Crippen LogP contribution in [-0.4, -0.2) is 80.1 Å². The molecule has 1 heterocycles. The van der Waals surface area contributed by atoms with Gasteiger partial charge in [0.05, 0.1) is 13.2 Å². The molecule has 0 radical (unpaired) electrons. The fourth-order valence-corrected chi connectivity index (χ4v) is 7.49. The van der Waals surface area contributed by atoms with E-state index < -0.39 is 58.1 Å². The number of hydrogen-bond donors (Lipinski definition) is 4. The quantitative estimate of drug-likeness (QED) is 0.0378. The van der Waals surface area contributed by atoms with Gasteiger partial charge in [-0.2, -0.15) is 16.8 Å². The van der Waals surface area contributed by atoms with Crippen molar-refractivity contribution < 1.29 is 83.6 Å². The molecular formula is C36H72NaO12S2+. The zero-order valence-electron chi connectivity index (χ0n) is 32.1. The van der Waals surface area contributed by atoms with Gasteiger partial charge in [0.1, 0.15) is 24.4 Å². The summed E-state index contributed by atoms with van der Waals surface area (Å²) >= 11 is 0. The van der Waals surface area contributed by atoms with Gasteiger partial charge in [-0.1, -0.05) is 168 Å². The number of ether oxygens (including phenoxy) is 2. The Balaban J connectivity index is 0.0000250. The first-order valence-electron chi connectivity index (χ1n) is 19.8. The molecule has 1 aliphatic rings. The molecule has 1 fully saturated rings. The van der Waals surface area contributed by atoms with Crippen LogP contribution in [0.2, 0.25) is 0 Å². The van der Waals surface area contributed by atoms with Crippen molar-refractivity contribution in [1.82, 2.24) is 0 Å². The van der Waals surface area contributed by atoms with Gasteiger partial charge in [0.2, 0.25) is 0 Å². The topological polar surface area (TPSA) is 186 Å². The molecule has 5 atom stereocenters. The summed E-state index contributed by atoms with van der Waals surface area (Å²) in [7, 11) is -10.0. The predicted molar refractivity (Wildman–Crippen MR) is 195 cm³/mol. The van der Waals surface area contributed by atoms with Crippen molar-refractivity contribution in [3.8, 4) is 0 Å². The molecule has 0 bridgehead atoms. The van der Waals surface area contributed by atoms with E-state index >= 15 is 0 Å². The molecule has 1 rings (SSSR count). The van der Waals surface area contributed by atoms with Crippen molar-refractivity contribution in [1.29, 1.82) is 0 Å². The molecule has 1 aliphatic heterocycles. The summed E-state index contributed by atoms with van der Waals surface area (Å²) in [4.78, 5) is 0. The number of aliphatic hydroxyl groups excluding tert-OH is 2. The monoisotopic (exact) mass is 783 g/mol. The minimum atomic E-state index is -5.11. The third-order valence-corrected chi connectivity index (χ3v) is 10.6.